The molecule has 0 aromatic heterocycles. The summed E-state index contributed by atoms with van der Waals surface area (Å²) in [5.41, 5.74) is 0. The Hall–Kier alpha value is -1.26. The molecule has 5 nitrogen and oxygen atoms in total. The Bertz CT molecular complexity index is 312. The van der Waals surface area contributed by atoms with Crippen LogP contribution in [0.4, 0.5) is 0 Å². The van der Waals surface area contributed by atoms with Crippen LogP contribution >= 0.6 is 0 Å². The second-order valence-electron chi connectivity index (χ2n) is 5.26. The molecule has 1 N–H and O–H groups in total. The fourth-order valence-corrected chi connectivity index (χ4v) is 2.09. The molecule has 0 bridgehead atoms. The van der Waals surface area contributed by atoms with E-state index in [2.05, 4.69) is 10.3 Å². The molecule has 1 fully saturated rings. The van der Waals surface area contributed by atoms with E-state index in [1.165, 1.54) is 0 Å². The topological polar surface area (TPSA) is 47.9 Å². The van der Waals surface area contributed by atoms with Gasteiger partial charge in [-0.05, 0) is 13.3 Å². The number of nitrogens with one attached hydrogen (secondary N) is 1. The maximum absolute atomic E-state index is 11.9. The highest BCUT2D eigenvalue weighted by molar-refractivity contribution is 5.81. The molecule has 0 aliphatic carbocycles. The van der Waals surface area contributed by atoms with Crippen LogP contribution in [0.2, 0.25) is 0 Å². The molecule has 0 spiro atoms. The summed E-state index contributed by atoms with van der Waals surface area (Å²) >= 11 is 0. The summed E-state index contributed by atoms with van der Waals surface area (Å²) in [7, 11) is 3.96. The van der Waals surface area contributed by atoms with E-state index in [1.807, 2.05) is 44.7 Å². The first kappa shape index (κ1) is 14.8. The van der Waals surface area contributed by atoms with Crippen LogP contribution in [0.25, 0.3) is 0 Å². The minimum absolute atomic E-state index is 0.0846. The highest BCUT2D eigenvalue weighted by atomic mass is 16.2. The fraction of sp³-hybridized carbons (Fsp3) is 0.846. The van der Waals surface area contributed by atoms with Crippen molar-refractivity contribution in [3.8, 4) is 0 Å². The number of carbonyl (C=O) groups excluding carboxylic acids is 1. The molecule has 1 aliphatic heterocycles. The largest absolute Gasteiger partial charge is 0.352 e. The normalized spacial score (nSPS) is 20.4. The Labute approximate surface area is 110 Å². The number of guanidine groups is 1. The molecule has 0 radical (unpaired) electrons. The summed E-state index contributed by atoms with van der Waals surface area (Å²) in [6.45, 7) is 8.32. The highest BCUT2D eigenvalue weighted by Crippen LogP contribution is 2.12. The number of nitrogens with zero attached hydrogens (tertiary/aromatic N) is 3. The third kappa shape index (κ3) is 3.89. The average Bonchev–Trinajstić information content (AvgIpc) is 2.75. The predicted octanol–water partition coefficient (Wildman–Crippen LogP) is 0.770. The van der Waals surface area contributed by atoms with Gasteiger partial charge in [0.25, 0.3) is 0 Å². The van der Waals surface area contributed by atoms with Crippen molar-refractivity contribution in [2.45, 2.75) is 33.2 Å². The van der Waals surface area contributed by atoms with E-state index in [0.717, 1.165) is 32.0 Å². The van der Waals surface area contributed by atoms with Gasteiger partial charge < -0.3 is 15.1 Å². The second-order valence-corrected chi connectivity index (χ2v) is 5.26. The van der Waals surface area contributed by atoms with Crippen molar-refractivity contribution in [3.05, 3.63) is 0 Å². The van der Waals surface area contributed by atoms with Gasteiger partial charge in [0.2, 0.25) is 5.91 Å². The van der Waals surface area contributed by atoms with Gasteiger partial charge in [0.1, 0.15) is 0 Å². The number of likely N-dealkylation sites (tertiary alicyclic amines) is 1. The summed E-state index contributed by atoms with van der Waals surface area (Å²) in [5.74, 6) is 1.24. The SMILES string of the molecule is CCN=C(NC1CCN(C(=O)C(C)C)C1)N(C)C. The van der Waals surface area contributed by atoms with Crippen molar-refractivity contribution in [1.82, 2.24) is 15.1 Å². The van der Waals surface area contributed by atoms with Gasteiger partial charge in [-0.2, -0.15) is 0 Å². The van der Waals surface area contributed by atoms with E-state index in [9.17, 15) is 4.79 Å². The Balaban J connectivity index is 2.52. The van der Waals surface area contributed by atoms with Gasteiger partial charge in [0, 0.05) is 45.7 Å². The smallest absolute Gasteiger partial charge is 0.225 e. The molecule has 1 heterocycles. The van der Waals surface area contributed by atoms with Crippen LogP contribution in [0.3, 0.4) is 0 Å². The van der Waals surface area contributed by atoms with Gasteiger partial charge in [-0.1, -0.05) is 13.8 Å². The predicted molar refractivity (Wildman–Crippen MR) is 74.6 cm³/mol. The van der Waals surface area contributed by atoms with E-state index in [4.69, 9.17) is 0 Å². The molecular formula is C13H26N4O. The first-order valence-corrected chi connectivity index (χ1v) is 6.72. The molecule has 1 rings (SSSR count). The highest BCUT2D eigenvalue weighted by Gasteiger charge is 2.28. The van der Waals surface area contributed by atoms with Gasteiger partial charge in [0.05, 0.1) is 0 Å². The van der Waals surface area contributed by atoms with Crippen LogP contribution in [-0.4, -0.2) is 61.4 Å². The number of hydrogen-bond donors (Lipinski definition) is 1. The minimum atomic E-state index is 0.0846. The van der Waals surface area contributed by atoms with Crippen molar-refractivity contribution in [1.29, 1.82) is 0 Å². The lowest BCUT2D eigenvalue weighted by Crippen LogP contribution is -2.44. The van der Waals surface area contributed by atoms with Crippen LogP contribution in [0.5, 0.6) is 0 Å². The standard InChI is InChI=1S/C13H26N4O/c1-6-14-13(16(4)5)15-11-7-8-17(9-11)12(18)10(2)3/h10-11H,6-9H2,1-5H3,(H,14,15). The van der Waals surface area contributed by atoms with Gasteiger partial charge in [0.15, 0.2) is 5.96 Å². The molecule has 1 atom stereocenters. The van der Waals surface area contributed by atoms with Crippen molar-refractivity contribution in [2.24, 2.45) is 10.9 Å². The Kier molecular flexibility index (Phi) is 5.44. The third-order valence-electron chi connectivity index (χ3n) is 3.06. The van der Waals surface area contributed by atoms with E-state index >= 15 is 0 Å². The lowest BCUT2D eigenvalue weighted by Gasteiger charge is -2.22. The molecule has 104 valence electrons. The molecule has 0 saturated carbocycles. The molecule has 18 heavy (non-hydrogen) atoms. The number of aliphatic imine (C=N–C) groups is 1. The van der Waals surface area contributed by atoms with Crippen molar-refractivity contribution >= 4 is 11.9 Å². The van der Waals surface area contributed by atoms with E-state index in [0.29, 0.717) is 6.04 Å². The van der Waals surface area contributed by atoms with Gasteiger partial charge in [-0.3, -0.25) is 9.79 Å². The number of rotatable bonds is 3. The van der Waals surface area contributed by atoms with Gasteiger partial charge >= 0.3 is 0 Å². The molecule has 1 saturated heterocycles. The summed E-state index contributed by atoms with van der Waals surface area (Å²) in [6.07, 6.45) is 0.995. The maximum Gasteiger partial charge on any atom is 0.225 e. The van der Waals surface area contributed by atoms with Crippen LogP contribution in [-0.2, 0) is 4.79 Å². The van der Waals surface area contributed by atoms with Gasteiger partial charge in [-0.25, -0.2) is 0 Å². The zero-order valence-electron chi connectivity index (χ0n) is 12.2. The van der Waals surface area contributed by atoms with E-state index < -0.39 is 0 Å². The number of amides is 1. The first-order valence-electron chi connectivity index (χ1n) is 6.72. The van der Waals surface area contributed by atoms with Crippen LogP contribution in [0, 0.1) is 5.92 Å². The maximum atomic E-state index is 11.9. The lowest BCUT2D eigenvalue weighted by molar-refractivity contribution is -0.133. The number of carbonyl (C=O) groups is 1. The van der Waals surface area contributed by atoms with E-state index in [-0.39, 0.29) is 11.8 Å². The van der Waals surface area contributed by atoms with Crippen LogP contribution < -0.4 is 5.32 Å². The molecular weight excluding hydrogens is 228 g/mol. The molecule has 1 aliphatic rings. The summed E-state index contributed by atoms with van der Waals surface area (Å²) in [5, 5.41) is 3.42. The van der Waals surface area contributed by atoms with Gasteiger partial charge in [-0.15, -0.1) is 0 Å². The number of hydrogen-bond acceptors (Lipinski definition) is 2. The Morgan fingerprint density at radius 2 is 2.17 bits per heavy atom. The summed E-state index contributed by atoms with van der Waals surface area (Å²) < 4.78 is 0. The second kappa shape index (κ2) is 6.61. The molecule has 1 amide bonds. The Morgan fingerprint density at radius 3 is 2.67 bits per heavy atom. The Morgan fingerprint density at radius 1 is 1.50 bits per heavy atom. The zero-order chi connectivity index (χ0) is 13.7. The van der Waals surface area contributed by atoms with E-state index in [1.54, 1.807) is 0 Å². The summed E-state index contributed by atoms with van der Waals surface area (Å²) in [4.78, 5) is 20.2. The molecule has 0 aromatic rings. The van der Waals surface area contributed by atoms with Crippen LogP contribution in [0.15, 0.2) is 4.99 Å². The summed E-state index contributed by atoms with van der Waals surface area (Å²) in [6, 6.07) is 0.320. The molecule has 5 heteroatoms. The fourth-order valence-electron chi connectivity index (χ4n) is 2.09. The van der Waals surface area contributed by atoms with Crippen molar-refractivity contribution in [2.75, 3.05) is 33.7 Å². The first-order chi connectivity index (χ1) is 8.45. The van der Waals surface area contributed by atoms with Crippen molar-refractivity contribution in [3.63, 3.8) is 0 Å². The zero-order valence-corrected chi connectivity index (χ0v) is 12.2. The molecule has 0 aromatic carbocycles. The monoisotopic (exact) mass is 254 g/mol. The molecule has 1 unspecified atom stereocenters. The van der Waals surface area contributed by atoms with Crippen LogP contribution in [0.1, 0.15) is 27.2 Å². The lowest BCUT2D eigenvalue weighted by atomic mass is 10.2. The van der Waals surface area contributed by atoms with Crippen molar-refractivity contribution < 1.29 is 4.79 Å². The average molecular weight is 254 g/mol. The quantitative estimate of drug-likeness (QED) is 0.598. The third-order valence-corrected chi connectivity index (χ3v) is 3.06. The minimum Gasteiger partial charge on any atom is -0.352 e.